The Bertz CT molecular complexity index is 1740. The van der Waals surface area contributed by atoms with Gasteiger partial charge in [-0.2, -0.15) is 11.8 Å². The summed E-state index contributed by atoms with van der Waals surface area (Å²) in [6, 6.07) is 15.3. The summed E-state index contributed by atoms with van der Waals surface area (Å²) in [6.45, 7) is 4.88. The van der Waals surface area contributed by atoms with Crippen LogP contribution in [0.15, 0.2) is 96.6 Å². The number of nitrogens with zero attached hydrogens (tertiary/aromatic N) is 3. The van der Waals surface area contributed by atoms with E-state index < -0.39 is 11.9 Å². The summed E-state index contributed by atoms with van der Waals surface area (Å²) in [4.78, 5) is 27.3. The van der Waals surface area contributed by atoms with Crippen molar-refractivity contribution in [2.24, 2.45) is 22.9 Å². The third-order valence-electron chi connectivity index (χ3n) is 10.6. The second kappa shape index (κ2) is 19.4. The molecular formula is C42H52N4O7S. The predicted molar refractivity (Wildman–Crippen MR) is 209 cm³/mol. The monoisotopic (exact) mass is 756 g/mol. The molecule has 12 heteroatoms. The van der Waals surface area contributed by atoms with Crippen LogP contribution in [-0.2, 0) is 22.5 Å². The van der Waals surface area contributed by atoms with Gasteiger partial charge in [0.05, 0.1) is 29.2 Å². The molecule has 0 radical (unpaired) electrons. The number of oxime groups is 1. The lowest BCUT2D eigenvalue weighted by atomic mass is 9.56. The first-order valence-corrected chi connectivity index (χ1v) is 20.0. The van der Waals surface area contributed by atoms with E-state index in [-0.39, 0.29) is 48.7 Å². The van der Waals surface area contributed by atoms with Crippen LogP contribution < -0.4 is 14.8 Å². The number of thioether (sulfide) groups is 1. The molecule has 0 saturated heterocycles. The number of carbonyl (C=O) groups excluding carboxylic acids is 1. The molecule has 3 aromatic rings. The van der Waals surface area contributed by atoms with Gasteiger partial charge in [-0.3, -0.25) is 9.97 Å². The number of nitrogens with one attached hydrogen (secondary N) is 1. The number of aryl methyl sites for hydroxylation is 1. The van der Waals surface area contributed by atoms with Crippen molar-refractivity contribution in [2.45, 2.75) is 74.9 Å². The highest BCUT2D eigenvalue weighted by Crippen LogP contribution is 2.62. The molecule has 288 valence electrons. The number of ether oxygens (including phenoxy) is 3. The molecule has 54 heavy (non-hydrogen) atoms. The maximum Gasteiger partial charge on any atom is 0.412 e. The molecule has 1 amide bonds. The molecule has 0 unspecified atom stereocenters. The van der Waals surface area contributed by atoms with Crippen molar-refractivity contribution in [3.05, 3.63) is 108 Å². The van der Waals surface area contributed by atoms with Gasteiger partial charge in [0.25, 0.3) is 0 Å². The molecule has 2 aliphatic carbocycles. The van der Waals surface area contributed by atoms with Crippen molar-refractivity contribution in [2.75, 3.05) is 32.7 Å². The molecule has 2 heterocycles. The van der Waals surface area contributed by atoms with Crippen molar-refractivity contribution >= 4 is 23.6 Å². The van der Waals surface area contributed by atoms with Gasteiger partial charge in [0.1, 0.15) is 18.6 Å². The molecule has 3 N–H and O–H groups in total. The van der Waals surface area contributed by atoms with E-state index in [1.165, 1.54) is 0 Å². The zero-order valence-electron chi connectivity index (χ0n) is 31.0. The van der Waals surface area contributed by atoms with Crippen LogP contribution in [0.4, 0.5) is 4.79 Å². The topological polar surface area (TPSA) is 145 Å². The summed E-state index contributed by atoms with van der Waals surface area (Å²) >= 11 is 1.77. The summed E-state index contributed by atoms with van der Waals surface area (Å²) in [7, 11) is 1.58. The molecular weight excluding hydrogens is 705 g/mol. The first-order chi connectivity index (χ1) is 26.5. The van der Waals surface area contributed by atoms with Gasteiger partial charge in [-0.15, -0.1) is 6.58 Å². The van der Waals surface area contributed by atoms with Crippen LogP contribution in [0.3, 0.4) is 0 Å². The fraction of sp³-hybridized carbons (Fsp3) is 0.476. The number of allylic oxidation sites excluding steroid dienone is 1. The fourth-order valence-corrected chi connectivity index (χ4v) is 9.71. The highest BCUT2D eigenvalue weighted by Gasteiger charge is 2.64. The molecule has 6 rings (SSSR count). The number of hydrogen-bond donors (Lipinski definition) is 3. The first kappa shape index (κ1) is 39.5. The van der Waals surface area contributed by atoms with Crippen LogP contribution in [0.1, 0.15) is 67.7 Å². The van der Waals surface area contributed by atoms with Crippen molar-refractivity contribution in [1.29, 1.82) is 0 Å². The van der Waals surface area contributed by atoms with Crippen molar-refractivity contribution in [1.82, 2.24) is 15.3 Å². The minimum atomic E-state index is -1.09. The number of unbranched alkanes of at least 4 members (excludes halogenated alkanes) is 2. The van der Waals surface area contributed by atoms with Crippen LogP contribution in [0.2, 0.25) is 0 Å². The first-order valence-electron chi connectivity index (χ1n) is 19.0. The molecule has 1 aliphatic heterocycles. The number of amides is 1. The highest BCUT2D eigenvalue weighted by molar-refractivity contribution is 8.00. The van der Waals surface area contributed by atoms with E-state index in [1.807, 2.05) is 42.5 Å². The molecule has 2 aromatic carbocycles. The van der Waals surface area contributed by atoms with Crippen molar-refractivity contribution < 1.29 is 34.1 Å². The average Bonchev–Trinajstić information content (AvgIpc) is 3.19. The normalized spacial score (nSPS) is 24.8. The van der Waals surface area contributed by atoms with Gasteiger partial charge in [0.2, 0.25) is 5.79 Å². The van der Waals surface area contributed by atoms with E-state index in [1.54, 1.807) is 49.6 Å². The van der Waals surface area contributed by atoms with Gasteiger partial charge in [0.15, 0.2) is 0 Å². The van der Waals surface area contributed by atoms with E-state index in [4.69, 9.17) is 19.0 Å². The molecule has 6 atom stereocenters. The quantitative estimate of drug-likeness (QED) is 0.0664. The van der Waals surface area contributed by atoms with E-state index in [9.17, 15) is 15.0 Å². The minimum Gasteiger partial charge on any atom is -0.460 e. The van der Waals surface area contributed by atoms with Gasteiger partial charge in [-0.1, -0.05) is 60.5 Å². The SMILES string of the molecule is C=CCO[C@@]12Oc3ccc(OC(=O)NCc4ccccc4)cc3[C@H]3[C@H](CCCCO)[C@@H](CCCCO)C=C(C(=NOC)C[C@@H]1SCCc1cnccn1)[C@H]32. The molecule has 0 spiro atoms. The Morgan fingerprint density at radius 1 is 1.11 bits per heavy atom. The highest BCUT2D eigenvalue weighted by atomic mass is 32.2. The number of aliphatic hydroxyl groups is 2. The summed E-state index contributed by atoms with van der Waals surface area (Å²) in [6.07, 6.45) is 14.9. The number of aliphatic hydroxyl groups excluding tert-OH is 2. The van der Waals surface area contributed by atoms with Gasteiger partial charge >= 0.3 is 6.09 Å². The summed E-state index contributed by atoms with van der Waals surface area (Å²) < 4.78 is 20.0. The maximum atomic E-state index is 13.1. The van der Waals surface area contributed by atoms with E-state index in [2.05, 4.69) is 33.1 Å². The minimum absolute atomic E-state index is 0.113. The number of fused-ring (bicyclic) bond motifs is 2. The lowest BCUT2D eigenvalue weighted by Gasteiger charge is -2.58. The number of hydrogen-bond acceptors (Lipinski definition) is 11. The van der Waals surface area contributed by atoms with Crippen LogP contribution in [-0.4, -0.2) is 75.7 Å². The lowest BCUT2D eigenvalue weighted by molar-refractivity contribution is -0.223. The second-order valence-corrected chi connectivity index (χ2v) is 15.3. The van der Waals surface area contributed by atoms with Gasteiger partial charge in [-0.05, 0) is 72.6 Å². The second-order valence-electron chi connectivity index (χ2n) is 14.0. The van der Waals surface area contributed by atoms with Gasteiger partial charge < -0.3 is 34.6 Å². The molecule has 0 bridgehead atoms. The summed E-state index contributed by atoms with van der Waals surface area (Å²) in [5.74, 6) is 0.661. The van der Waals surface area contributed by atoms with Gasteiger partial charge in [-0.25, -0.2) is 4.79 Å². The smallest absolute Gasteiger partial charge is 0.412 e. The largest absolute Gasteiger partial charge is 0.460 e. The number of benzene rings is 2. The Morgan fingerprint density at radius 3 is 2.67 bits per heavy atom. The molecule has 1 fully saturated rings. The number of carbonyl (C=O) groups is 1. The van der Waals surface area contributed by atoms with Crippen LogP contribution in [0.5, 0.6) is 11.5 Å². The summed E-state index contributed by atoms with van der Waals surface area (Å²) in [5.41, 5.74) is 4.73. The Labute approximate surface area is 322 Å². The van der Waals surface area contributed by atoms with E-state index >= 15 is 0 Å². The Hall–Kier alpha value is -4.23. The third-order valence-corrected chi connectivity index (χ3v) is 11.9. The standard InChI is InChI=1S/C42H52N4O7S/c1-3-22-51-42-38(54-23-17-31-28-43-18-19-44-31)26-36(46-50-2)34-24-30(13-7-9-20-47)33(14-8-10-21-48)39(40(34)42)35-25-32(15-16-37(35)53-42)52-41(49)45-27-29-11-5-4-6-12-29/h3-6,11-12,15-16,18-19,24-25,28,30,33,38-40,47-48H,1,7-10,13-14,17,20-23,26-27H2,2H3,(H,45,49)/t30-,33+,38-,39+,40+,42+/m0/s1. The summed E-state index contributed by atoms with van der Waals surface area (Å²) in [5, 5.41) is 26.9. The van der Waals surface area contributed by atoms with E-state index in [0.29, 0.717) is 37.3 Å². The van der Waals surface area contributed by atoms with E-state index in [0.717, 1.165) is 66.0 Å². The van der Waals surface area contributed by atoms with Crippen molar-refractivity contribution in [3.63, 3.8) is 0 Å². The zero-order chi connectivity index (χ0) is 37.8. The van der Waals surface area contributed by atoms with Crippen LogP contribution in [0, 0.1) is 17.8 Å². The molecule has 3 aliphatic rings. The fourth-order valence-electron chi connectivity index (χ4n) is 8.33. The number of aromatic nitrogens is 2. The van der Waals surface area contributed by atoms with Crippen molar-refractivity contribution in [3.8, 4) is 11.5 Å². The third kappa shape index (κ3) is 9.17. The predicted octanol–water partition coefficient (Wildman–Crippen LogP) is 7.00. The zero-order valence-corrected chi connectivity index (χ0v) is 31.8. The molecule has 11 nitrogen and oxygen atoms in total. The average molecular weight is 757 g/mol. The van der Waals surface area contributed by atoms with Crippen LogP contribution in [0.25, 0.3) is 0 Å². The number of rotatable bonds is 19. The Morgan fingerprint density at radius 2 is 1.93 bits per heavy atom. The maximum absolute atomic E-state index is 13.1. The lowest BCUT2D eigenvalue weighted by Crippen LogP contribution is -2.64. The van der Waals surface area contributed by atoms with Gasteiger partial charge in [0, 0.05) is 62.7 Å². The molecule has 1 aromatic heterocycles. The Balaban J connectivity index is 1.43. The Kier molecular flexibility index (Phi) is 14.2. The molecule has 1 saturated carbocycles. The van der Waals surface area contributed by atoms with Crippen LogP contribution >= 0.6 is 11.8 Å².